The van der Waals surface area contributed by atoms with Crippen molar-refractivity contribution in [3.05, 3.63) is 28.8 Å². The topological polar surface area (TPSA) is 24.5 Å². The van der Waals surface area contributed by atoms with E-state index >= 15 is 0 Å². The quantitative estimate of drug-likeness (QED) is 0.776. The van der Waals surface area contributed by atoms with Crippen LogP contribution >= 0.6 is 11.6 Å². The van der Waals surface area contributed by atoms with Gasteiger partial charge in [0.25, 0.3) is 0 Å². The van der Waals surface area contributed by atoms with Gasteiger partial charge < -0.3 is 4.74 Å². The predicted octanol–water partition coefficient (Wildman–Crippen LogP) is 1.91. The lowest BCUT2D eigenvalue weighted by atomic mass is 10.2. The van der Waals surface area contributed by atoms with E-state index in [4.69, 9.17) is 16.3 Å². The third-order valence-electron chi connectivity index (χ3n) is 1.82. The number of nitrogens with one attached hydrogen (secondary N) is 1. The highest BCUT2D eigenvalue weighted by atomic mass is 35.5. The Balaban J connectivity index is 2.66. The minimum Gasteiger partial charge on any atom is -0.495 e. The van der Waals surface area contributed by atoms with Crippen molar-refractivity contribution < 1.29 is 4.74 Å². The van der Waals surface area contributed by atoms with E-state index in [1.807, 2.05) is 37.3 Å². The van der Waals surface area contributed by atoms with Crippen molar-refractivity contribution in [2.24, 2.45) is 0 Å². The van der Waals surface area contributed by atoms with Crippen LogP contribution in [0.3, 0.4) is 0 Å². The zero-order valence-electron chi connectivity index (χ0n) is 8.67. The first-order valence-electron chi connectivity index (χ1n) is 4.36. The molecular weight excluding hydrogens is 200 g/mol. The average Bonchev–Trinajstić information content (AvgIpc) is 2.15. The summed E-state index contributed by atoms with van der Waals surface area (Å²) in [5.41, 5.74) is 4.29. The van der Waals surface area contributed by atoms with Gasteiger partial charge in [-0.05, 0) is 17.7 Å². The maximum atomic E-state index is 5.98. The van der Waals surface area contributed by atoms with Crippen LogP contribution in [0.1, 0.15) is 5.56 Å². The van der Waals surface area contributed by atoms with Gasteiger partial charge in [-0.3, -0.25) is 10.4 Å². The van der Waals surface area contributed by atoms with Crippen LogP contribution in [-0.4, -0.2) is 26.2 Å². The van der Waals surface area contributed by atoms with Gasteiger partial charge in [0, 0.05) is 20.6 Å². The van der Waals surface area contributed by atoms with E-state index in [0.29, 0.717) is 10.8 Å². The lowest BCUT2D eigenvalue weighted by Crippen LogP contribution is -2.29. The molecule has 0 radical (unpaired) electrons. The van der Waals surface area contributed by atoms with E-state index < -0.39 is 0 Å². The van der Waals surface area contributed by atoms with Gasteiger partial charge in [0.2, 0.25) is 0 Å². The van der Waals surface area contributed by atoms with Crippen molar-refractivity contribution in [3.8, 4) is 5.75 Å². The zero-order valence-corrected chi connectivity index (χ0v) is 9.43. The minimum atomic E-state index is 0.644. The number of hydrogen-bond acceptors (Lipinski definition) is 3. The summed E-state index contributed by atoms with van der Waals surface area (Å²) >= 11 is 5.98. The molecule has 14 heavy (non-hydrogen) atoms. The highest BCUT2D eigenvalue weighted by Crippen LogP contribution is 2.24. The molecule has 1 rings (SSSR count). The van der Waals surface area contributed by atoms with E-state index in [-0.39, 0.29) is 0 Å². The molecule has 0 aromatic heterocycles. The number of benzene rings is 1. The Kier molecular flexibility index (Phi) is 4.20. The lowest BCUT2D eigenvalue weighted by molar-refractivity contribution is 0.286. The number of nitrogens with zero attached hydrogens (tertiary/aromatic N) is 1. The summed E-state index contributed by atoms with van der Waals surface area (Å²) in [6, 6.07) is 5.76. The van der Waals surface area contributed by atoms with Crippen LogP contribution in [-0.2, 0) is 6.54 Å². The summed E-state index contributed by atoms with van der Waals surface area (Å²) in [5.74, 6) is 0.709. The fourth-order valence-electron chi connectivity index (χ4n) is 1.07. The van der Waals surface area contributed by atoms with Crippen molar-refractivity contribution in [2.45, 2.75) is 6.54 Å². The largest absolute Gasteiger partial charge is 0.495 e. The number of hydrogen-bond donors (Lipinski definition) is 1. The molecule has 0 aliphatic carbocycles. The fraction of sp³-hybridized carbons (Fsp3) is 0.400. The second-order valence-corrected chi connectivity index (χ2v) is 3.61. The molecule has 4 heteroatoms. The van der Waals surface area contributed by atoms with Crippen LogP contribution in [0.5, 0.6) is 5.75 Å². The molecule has 0 amide bonds. The smallest absolute Gasteiger partial charge is 0.137 e. The highest BCUT2D eigenvalue weighted by Gasteiger charge is 2.01. The molecule has 0 fully saturated rings. The van der Waals surface area contributed by atoms with Gasteiger partial charge >= 0.3 is 0 Å². The molecule has 0 saturated carbocycles. The Morgan fingerprint density at radius 3 is 2.64 bits per heavy atom. The van der Waals surface area contributed by atoms with Crippen molar-refractivity contribution in [2.75, 3.05) is 21.2 Å². The Morgan fingerprint density at radius 1 is 1.43 bits per heavy atom. The van der Waals surface area contributed by atoms with Gasteiger partial charge in [0.05, 0.1) is 12.1 Å². The number of ether oxygens (including phenoxy) is 1. The first kappa shape index (κ1) is 11.3. The third kappa shape index (κ3) is 3.18. The first-order valence-corrected chi connectivity index (χ1v) is 4.74. The molecule has 0 bridgehead atoms. The van der Waals surface area contributed by atoms with E-state index in [9.17, 15) is 0 Å². The van der Waals surface area contributed by atoms with Crippen molar-refractivity contribution in [1.29, 1.82) is 0 Å². The second-order valence-electron chi connectivity index (χ2n) is 3.20. The summed E-state index contributed by atoms with van der Waals surface area (Å²) in [5, 5.41) is 2.54. The molecule has 78 valence electrons. The molecule has 3 nitrogen and oxygen atoms in total. The molecule has 1 aromatic carbocycles. The summed E-state index contributed by atoms with van der Waals surface area (Å²) in [6.07, 6.45) is 0. The Morgan fingerprint density at radius 2 is 2.14 bits per heavy atom. The standard InChI is InChI=1S/C10H15ClN2O/c1-13(2)12-7-8-4-5-10(14-3)9(11)6-8/h4-6,12H,7H2,1-3H3. The van der Waals surface area contributed by atoms with E-state index in [0.717, 1.165) is 12.1 Å². The number of methoxy groups -OCH3 is 1. The van der Waals surface area contributed by atoms with E-state index in [1.54, 1.807) is 7.11 Å². The van der Waals surface area contributed by atoms with Crippen LogP contribution in [0.25, 0.3) is 0 Å². The molecule has 1 N–H and O–H groups in total. The van der Waals surface area contributed by atoms with Gasteiger partial charge in [0.15, 0.2) is 0 Å². The first-order chi connectivity index (χ1) is 6.63. The van der Waals surface area contributed by atoms with Crippen LogP contribution in [0.2, 0.25) is 5.02 Å². The molecule has 0 spiro atoms. The molecule has 0 aliphatic rings. The van der Waals surface area contributed by atoms with Crippen molar-refractivity contribution in [3.63, 3.8) is 0 Å². The molecule has 0 atom stereocenters. The molecule has 0 unspecified atom stereocenters. The van der Waals surface area contributed by atoms with Crippen molar-refractivity contribution >= 4 is 11.6 Å². The Hall–Kier alpha value is -0.770. The second kappa shape index (κ2) is 5.20. The maximum absolute atomic E-state index is 5.98. The van der Waals surface area contributed by atoms with Crippen LogP contribution in [0.4, 0.5) is 0 Å². The summed E-state index contributed by atoms with van der Waals surface area (Å²) in [4.78, 5) is 0. The minimum absolute atomic E-state index is 0.644. The van der Waals surface area contributed by atoms with Crippen molar-refractivity contribution in [1.82, 2.24) is 10.4 Å². The van der Waals surface area contributed by atoms with Gasteiger partial charge in [0.1, 0.15) is 5.75 Å². The van der Waals surface area contributed by atoms with Gasteiger partial charge in [-0.25, -0.2) is 0 Å². The molecule has 0 aliphatic heterocycles. The highest BCUT2D eigenvalue weighted by molar-refractivity contribution is 6.32. The molecule has 0 saturated heterocycles. The van der Waals surface area contributed by atoms with Crippen LogP contribution in [0, 0.1) is 0 Å². The maximum Gasteiger partial charge on any atom is 0.137 e. The Labute approximate surface area is 89.6 Å². The van der Waals surface area contributed by atoms with Crippen LogP contribution < -0.4 is 10.2 Å². The number of halogens is 1. The number of hydrazine groups is 1. The molecular formula is C10H15ClN2O. The third-order valence-corrected chi connectivity index (χ3v) is 2.11. The monoisotopic (exact) mass is 214 g/mol. The Bertz CT molecular complexity index is 302. The average molecular weight is 215 g/mol. The van der Waals surface area contributed by atoms with Gasteiger partial charge in [-0.15, -0.1) is 0 Å². The normalized spacial score (nSPS) is 10.6. The zero-order chi connectivity index (χ0) is 10.6. The fourth-order valence-corrected chi connectivity index (χ4v) is 1.35. The lowest BCUT2D eigenvalue weighted by Gasteiger charge is -2.12. The molecule has 1 aromatic rings. The SMILES string of the molecule is COc1ccc(CNN(C)C)cc1Cl. The van der Waals surface area contributed by atoms with Gasteiger partial charge in [-0.1, -0.05) is 17.7 Å². The van der Waals surface area contributed by atoms with Gasteiger partial charge in [-0.2, -0.15) is 0 Å². The summed E-state index contributed by atoms with van der Waals surface area (Å²) in [6.45, 7) is 0.761. The predicted molar refractivity (Wildman–Crippen MR) is 58.5 cm³/mol. The summed E-state index contributed by atoms with van der Waals surface area (Å²) in [7, 11) is 5.51. The van der Waals surface area contributed by atoms with E-state index in [1.165, 1.54) is 0 Å². The molecule has 0 heterocycles. The van der Waals surface area contributed by atoms with E-state index in [2.05, 4.69) is 5.43 Å². The summed E-state index contributed by atoms with van der Waals surface area (Å²) < 4.78 is 5.06. The van der Waals surface area contributed by atoms with Crippen LogP contribution in [0.15, 0.2) is 18.2 Å². The number of rotatable bonds is 4.